The van der Waals surface area contributed by atoms with Gasteiger partial charge in [-0.3, -0.25) is 4.79 Å². The van der Waals surface area contributed by atoms with Gasteiger partial charge in [0.25, 0.3) is 5.56 Å². The summed E-state index contributed by atoms with van der Waals surface area (Å²) in [4.78, 5) is 27.2. The summed E-state index contributed by atoms with van der Waals surface area (Å²) in [6, 6.07) is 3.34. The van der Waals surface area contributed by atoms with Crippen LogP contribution in [0.25, 0.3) is 10.2 Å². The number of hydrogen-bond donors (Lipinski definition) is 1. The summed E-state index contributed by atoms with van der Waals surface area (Å²) in [5.41, 5.74) is -0.168. The van der Waals surface area contributed by atoms with Gasteiger partial charge in [-0.2, -0.15) is 0 Å². The van der Waals surface area contributed by atoms with E-state index in [1.165, 1.54) is 30.4 Å². The van der Waals surface area contributed by atoms with Gasteiger partial charge in [0, 0.05) is 17.6 Å². The van der Waals surface area contributed by atoms with Gasteiger partial charge in [0.15, 0.2) is 5.16 Å². The predicted molar refractivity (Wildman–Crippen MR) is 66.4 cm³/mol. The predicted octanol–water partition coefficient (Wildman–Crippen LogP) is 1.93. The third-order valence-electron chi connectivity index (χ3n) is 2.07. The fourth-order valence-electron chi connectivity index (χ4n) is 1.34. The smallest absolute Gasteiger partial charge is 0.251 e. The van der Waals surface area contributed by atoms with Gasteiger partial charge in [-0.1, -0.05) is 0 Å². The Labute approximate surface area is 104 Å². The van der Waals surface area contributed by atoms with E-state index in [-0.39, 0.29) is 5.56 Å². The number of nitrogens with zero attached hydrogens (tertiary/aromatic N) is 3. The molecule has 1 N–H and O–H groups in total. The highest BCUT2D eigenvalue weighted by Crippen LogP contribution is 2.30. The number of hydrogen-bond acceptors (Lipinski definition) is 6. The van der Waals surface area contributed by atoms with Crippen LogP contribution in [0.3, 0.4) is 0 Å². The average Bonchev–Trinajstić information content (AvgIpc) is 2.78. The molecule has 0 aliphatic rings. The summed E-state index contributed by atoms with van der Waals surface area (Å²) >= 11 is 2.88. The Kier molecular flexibility index (Phi) is 2.62. The molecule has 0 amide bonds. The minimum atomic E-state index is -0.168. The number of nitrogens with one attached hydrogen (secondary N) is 1. The maximum atomic E-state index is 11.2. The van der Waals surface area contributed by atoms with Crippen molar-refractivity contribution in [2.45, 2.75) is 10.2 Å². The van der Waals surface area contributed by atoms with Crippen LogP contribution < -0.4 is 5.56 Å². The van der Waals surface area contributed by atoms with Crippen molar-refractivity contribution in [1.29, 1.82) is 0 Å². The normalized spacial score (nSPS) is 10.8. The van der Waals surface area contributed by atoms with Crippen molar-refractivity contribution >= 4 is 33.3 Å². The van der Waals surface area contributed by atoms with E-state index in [1.54, 1.807) is 11.3 Å². The first kappa shape index (κ1) is 10.4. The number of rotatable bonds is 2. The van der Waals surface area contributed by atoms with E-state index in [1.807, 2.05) is 11.4 Å². The monoisotopic (exact) mass is 262 g/mol. The van der Waals surface area contributed by atoms with Crippen LogP contribution in [0.1, 0.15) is 0 Å². The standard InChI is InChI=1S/C10H6N4OS2/c15-7-1-3-11-10(14-7)17-9-6-2-4-16-8(6)12-5-13-9/h1-5H,(H,11,14,15). The molecule has 17 heavy (non-hydrogen) atoms. The van der Waals surface area contributed by atoms with Crippen LogP contribution >= 0.6 is 23.1 Å². The van der Waals surface area contributed by atoms with E-state index in [0.717, 1.165) is 15.2 Å². The lowest BCUT2D eigenvalue weighted by atomic mass is 10.4. The van der Waals surface area contributed by atoms with E-state index < -0.39 is 0 Å². The lowest BCUT2D eigenvalue weighted by molar-refractivity contribution is 0.932. The molecule has 5 nitrogen and oxygen atoms in total. The summed E-state index contributed by atoms with van der Waals surface area (Å²) in [6.07, 6.45) is 3.00. The maximum Gasteiger partial charge on any atom is 0.251 e. The van der Waals surface area contributed by atoms with Crippen LogP contribution in [0.5, 0.6) is 0 Å². The third kappa shape index (κ3) is 2.06. The average molecular weight is 262 g/mol. The number of fused-ring (bicyclic) bond motifs is 1. The minimum Gasteiger partial charge on any atom is -0.301 e. The quantitative estimate of drug-likeness (QED) is 0.564. The molecule has 0 fully saturated rings. The fourth-order valence-corrected chi connectivity index (χ4v) is 2.96. The molecule has 3 aromatic heterocycles. The van der Waals surface area contributed by atoms with E-state index in [2.05, 4.69) is 19.9 Å². The number of thiophene rings is 1. The van der Waals surface area contributed by atoms with Gasteiger partial charge in [-0.25, -0.2) is 15.0 Å². The third-order valence-corrected chi connectivity index (χ3v) is 3.81. The highest BCUT2D eigenvalue weighted by molar-refractivity contribution is 7.99. The molecule has 7 heteroatoms. The van der Waals surface area contributed by atoms with E-state index in [9.17, 15) is 4.79 Å². The summed E-state index contributed by atoms with van der Waals surface area (Å²) < 4.78 is 0. The van der Waals surface area contributed by atoms with Crippen LogP contribution in [-0.4, -0.2) is 19.9 Å². The van der Waals surface area contributed by atoms with Gasteiger partial charge < -0.3 is 4.98 Å². The lowest BCUT2D eigenvalue weighted by Crippen LogP contribution is -2.05. The number of H-pyrrole nitrogens is 1. The summed E-state index contributed by atoms with van der Waals surface area (Å²) in [6.45, 7) is 0. The first-order valence-electron chi connectivity index (χ1n) is 4.74. The molecule has 0 radical (unpaired) electrons. The zero-order valence-corrected chi connectivity index (χ0v) is 10.1. The second-order valence-corrected chi connectivity index (χ2v) is 5.03. The molecule has 0 unspecified atom stereocenters. The SMILES string of the molecule is O=c1ccnc(Sc2ncnc3sccc23)[nH]1. The Bertz CT molecular complexity index is 721. The van der Waals surface area contributed by atoms with E-state index >= 15 is 0 Å². The lowest BCUT2D eigenvalue weighted by Gasteiger charge is -1.99. The molecule has 0 atom stereocenters. The molecule has 3 rings (SSSR count). The van der Waals surface area contributed by atoms with Crippen molar-refractivity contribution in [3.05, 3.63) is 40.4 Å². The first-order chi connectivity index (χ1) is 8.33. The molecule has 0 saturated carbocycles. The molecule has 84 valence electrons. The Balaban J connectivity index is 2.05. The molecule has 0 aliphatic carbocycles. The molecule has 0 saturated heterocycles. The summed E-state index contributed by atoms with van der Waals surface area (Å²) in [5, 5.41) is 4.27. The molecule has 3 heterocycles. The minimum absolute atomic E-state index is 0.168. The van der Waals surface area contributed by atoms with Gasteiger partial charge in [-0.15, -0.1) is 11.3 Å². The van der Waals surface area contributed by atoms with Crippen LogP contribution in [0.15, 0.2) is 45.0 Å². The fraction of sp³-hybridized carbons (Fsp3) is 0. The Hall–Kier alpha value is -1.73. The van der Waals surface area contributed by atoms with Gasteiger partial charge >= 0.3 is 0 Å². The molecular weight excluding hydrogens is 256 g/mol. The van der Waals surface area contributed by atoms with Crippen molar-refractivity contribution in [2.75, 3.05) is 0 Å². The van der Waals surface area contributed by atoms with Crippen LogP contribution in [0.2, 0.25) is 0 Å². The Morgan fingerprint density at radius 1 is 1.24 bits per heavy atom. The van der Waals surface area contributed by atoms with Crippen molar-refractivity contribution in [3.8, 4) is 0 Å². The van der Waals surface area contributed by atoms with Crippen molar-refractivity contribution in [2.24, 2.45) is 0 Å². The van der Waals surface area contributed by atoms with Gasteiger partial charge in [0.1, 0.15) is 16.2 Å². The van der Waals surface area contributed by atoms with Gasteiger partial charge in [0.05, 0.1) is 0 Å². The van der Waals surface area contributed by atoms with Crippen LogP contribution in [-0.2, 0) is 0 Å². The second kappa shape index (κ2) is 4.27. The summed E-state index contributed by atoms with van der Waals surface area (Å²) in [7, 11) is 0. The van der Waals surface area contributed by atoms with Crippen molar-refractivity contribution in [3.63, 3.8) is 0 Å². The topological polar surface area (TPSA) is 71.5 Å². The zero-order chi connectivity index (χ0) is 11.7. The molecule has 3 aromatic rings. The Morgan fingerprint density at radius 3 is 3.06 bits per heavy atom. The van der Waals surface area contributed by atoms with Crippen LogP contribution in [0.4, 0.5) is 0 Å². The number of aromatic nitrogens is 4. The first-order valence-corrected chi connectivity index (χ1v) is 6.44. The van der Waals surface area contributed by atoms with Gasteiger partial charge in [-0.05, 0) is 23.2 Å². The van der Waals surface area contributed by atoms with E-state index in [0.29, 0.717) is 5.16 Å². The highest BCUT2D eigenvalue weighted by atomic mass is 32.2. The largest absolute Gasteiger partial charge is 0.301 e. The molecular formula is C10H6N4OS2. The maximum absolute atomic E-state index is 11.2. The Morgan fingerprint density at radius 2 is 2.18 bits per heavy atom. The second-order valence-electron chi connectivity index (χ2n) is 3.16. The number of aromatic amines is 1. The van der Waals surface area contributed by atoms with Crippen molar-refractivity contribution < 1.29 is 0 Å². The van der Waals surface area contributed by atoms with Crippen molar-refractivity contribution in [1.82, 2.24) is 19.9 Å². The molecule has 0 aromatic carbocycles. The van der Waals surface area contributed by atoms with E-state index in [4.69, 9.17) is 0 Å². The zero-order valence-electron chi connectivity index (χ0n) is 8.45. The highest BCUT2D eigenvalue weighted by Gasteiger charge is 2.07. The van der Waals surface area contributed by atoms with Crippen LogP contribution in [0, 0.1) is 0 Å². The molecule has 0 aliphatic heterocycles. The molecule has 0 bridgehead atoms. The van der Waals surface area contributed by atoms with Gasteiger partial charge in [0.2, 0.25) is 0 Å². The molecule has 0 spiro atoms. The summed E-state index contributed by atoms with van der Waals surface area (Å²) in [5.74, 6) is 0.